The molecular weight excluding hydrogens is 689 g/mol. The normalized spacial score (nSPS) is 14.9. The lowest BCUT2D eigenvalue weighted by Gasteiger charge is -2.32. The van der Waals surface area contributed by atoms with E-state index in [1.807, 2.05) is 24.4 Å². The number of hydrogen-bond acceptors (Lipinski definition) is 4. The van der Waals surface area contributed by atoms with Crippen LogP contribution in [0.1, 0.15) is 131 Å². The van der Waals surface area contributed by atoms with Gasteiger partial charge in [0.2, 0.25) is 0 Å². The van der Waals surface area contributed by atoms with Crippen LogP contribution in [0.3, 0.4) is 0 Å². The average Bonchev–Trinajstić information content (AvgIpc) is 3.40. The molecule has 1 N–H and O–H groups in total. The van der Waals surface area contributed by atoms with Crippen LogP contribution in [0.25, 0.3) is 10.9 Å². The van der Waals surface area contributed by atoms with E-state index in [0.29, 0.717) is 23.3 Å². The number of nitrogens with one attached hydrogen (secondary N) is 1. The summed E-state index contributed by atoms with van der Waals surface area (Å²) >= 11 is 0. The Kier molecular flexibility index (Phi) is 15.5. The first-order chi connectivity index (χ1) is 27.0. The third-order valence-corrected chi connectivity index (χ3v) is 12.4. The molecule has 1 fully saturated rings. The van der Waals surface area contributed by atoms with Gasteiger partial charge in [-0.3, -0.25) is 4.79 Å². The zero-order valence-electron chi connectivity index (χ0n) is 36.1. The maximum absolute atomic E-state index is 13.6. The van der Waals surface area contributed by atoms with E-state index in [2.05, 4.69) is 130 Å². The fraction of sp³-hybridized carbons (Fsp3) is 0.500. The van der Waals surface area contributed by atoms with Crippen molar-refractivity contribution < 1.29 is 9.53 Å². The van der Waals surface area contributed by atoms with E-state index in [1.165, 1.54) is 77.6 Å². The van der Waals surface area contributed by atoms with Crippen molar-refractivity contribution in [2.24, 2.45) is 17.8 Å². The molecule has 1 aliphatic rings. The number of nitrogens with zero attached hydrogens (tertiary/aromatic N) is 3. The summed E-state index contributed by atoms with van der Waals surface area (Å²) in [6.07, 6.45) is 15.2. The van der Waals surface area contributed by atoms with Gasteiger partial charge in [-0.15, -0.1) is 0 Å². The van der Waals surface area contributed by atoms with Crippen molar-refractivity contribution in [1.29, 1.82) is 0 Å². The monoisotopic (exact) mass is 759 g/mol. The summed E-state index contributed by atoms with van der Waals surface area (Å²) in [6.45, 7) is 27.0. The number of aryl methyl sites for hydroxylation is 1. The van der Waals surface area contributed by atoms with Crippen LogP contribution in [0.2, 0.25) is 0 Å². The van der Waals surface area contributed by atoms with Gasteiger partial charge in [-0.2, -0.15) is 0 Å². The van der Waals surface area contributed by atoms with E-state index in [-0.39, 0.29) is 5.91 Å². The molecule has 1 saturated carbocycles. The molecule has 1 aromatic heterocycles. The van der Waals surface area contributed by atoms with Gasteiger partial charge in [-0.1, -0.05) is 91.7 Å². The lowest BCUT2D eigenvalue weighted by Crippen LogP contribution is -2.32. The van der Waals surface area contributed by atoms with E-state index >= 15 is 0 Å². The summed E-state index contributed by atoms with van der Waals surface area (Å²) in [4.78, 5) is 18.3. The van der Waals surface area contributed by atoms with Crippen molar-refractivity contribution >= 4 is 28.2 Å². The standard InChI is InChI=1S/C50H70N4O2/c1-11-26-52(27-24-35(5)12-2)33-37(7)34-54-39(9)38(8)45-30-41(20-23-47(45)54)29-40-18-21-43(22-19-40)50(55)51-44-31-46(42-16-15-17-42)49(48(32-44)56-10)53(14-4)28-25-36(6)13-3/h14,18-23,25,28,30-32,35-37,42H,4,11-13,15-17,24,26-27,29,33-34H2,1-3,5-10H3,(H,51,55)/b28-25-. The Morgan fingerprint density at radius 1 is 0.964 bits per heavy atom. The summed E-state index contributed by atoms with van der Waals surface area (Å²) < 4.78 is 8.49. The molecule has 302 valence electrons. The number of anilines is 2. The lowest BCUT2D eigenvalue weighted by atomic mass is 9.79. The number of benzene rings is 3. The number of methoxy groups -OCH3 is 1. The molecule has 0 saturated heterocycles. The van der Waals surface area contributed by atoms with Gasteiger partial charge in [0.15, 0.2) is 0 Å². The fourth-order valence-corrected chi connectivity index (χ4v) is 8.05. The molecule has 6 heteroatoms. The number of hydrogen-bond donors (Lipinski definition) is 1. The Labute approximate surface area is 339 Å². The molecule has 3 unspecified atom stereocenters. The van der Waals surface area contributed by atoms with Gasteiger partial charge in [0.05, 0.1) is 12.8 Å². The molecule has 1 heterocycles. The number of amides is 1. The lowest BCUT2D eigenvalue weighted by molar-refractivity contribution is 0.102. The molecule has 3 atom stereocenters. The highest BCUT2D eigenvalue weighted by Crippen LogP contribution is 2.47. The first-order valence-electron chi connectivity index (χ1n) is 21.5. The number of rotatable bonds is 21. The van der Waals surface area contributed by atoms with Crippen LogP contribution in [0, 0.1) is 31.6 Å². The van der Waals surface area contributed by atoms with Crippen molar-refractivity contribution in [3.63, 3.8) is 0 Å². The molecule has 0 radical (unpaired) electrons. The van der Waals surface area contributed by atoms with Crippen LogP contribution in [0.15, 0.2) is 79.7 Å². The van der Waals surface area contributed by atoms with Gasteiger partial charge >= 0.3 is 0 Å². The number of allylic oxidation sites excluding steroid dienone is 1. The Morgan fingerprint density at radius 3 is 2.32 bits per heavy atom. The third-order valence-electron chi connectivity index (χ3n) is 12.4. The molecule has 5 rings (SSSR count). The van der Waals surface area contributed by atoms with Gasteiger partial charge in [-0.25, -0.2) is 0 Å². The number of fused-ring (bicyclic) bond motifs is 1. The van der Waals surface area contributed by atoms with E-state index in [9.17, 15) is 4.79 Å². The third kappa shape index (κ3) is 10.6. The second-order valence-corrected chi connectivity index (χ2v) is 16.8. The second kappa shape index (κ2) is 20.2. The minimum atomic E-state index is -0.125. The number of ether oxygens (including phenoxy) is 1. The average molecular weight is 759 g/mol. The van der Waals surface area contributed by atoms with Crippen molar-refractivity contribution in [3.05, 3.63) is 113 Å². The summed E-state index contributed by atoms with van der Waals surface area (Å²) in [5.74, 6) is 2.84. The summed E-state index contributed by atoms with van der Waals surface area (Å²) in [6, 6.07) is 19.1. The summed E-state index contributed by atoms with van der Waals surface area (Å²) in [5, 5.41) is 4.52. The summed E-state index contributed by atoms with van der Waals surface area (Å²) in [5.41, 5.74) is 10.1. The first kappa shape index (κ1) is 42.8. The van der Waals surface area contributed by atoms with Crippen molar-refractivity contribution in [3.8, 4) is 5.75 Å². The zero-order chi connectivity index (χ0) is 40.4. The Bertz CT molecular complexity index is 1930. The maximum atomic E-state index is 13.6. The van der Waals surface area contributed by atoms with Gasteiger partial charge in [0, 0.05) is 59.4 Å². The van der Waals surface area contributed by atoms with Crippen LogP contribution in [0.4, 0.5) is 11.4 Å². The Hall–Kier alpha value is -4.29. The highest BCUT2D eigenvalue weighted by Gasteiger charge is 2.27. The molecule has 6 nitrogen and oxygen atoms in total. The SMILES string of the molecule is C=CN(/C=C\C(C)CC)c1c(OC)cc(NC(=O)c2ccc(Cc3ccc4c(c3)c(C)c(C)n4CC(C)CN(CCC)CCC(C)CC)cc2)cc1C1CCC1. The van der Waals surface area contributed by atoms with Crippen LogP contribution >= 0.6 is 0 Å². The number of aromatic nitrogens is 1. The fourth-order valence-electron chi connectivity index (χ4n) is 8.05. The van der Waals surface area contributed by atoms with Crippen molar-refractivity contribution in [1.82, 2.24) is 9.47 Å². The Morgan fingerprint density at radius 2 is 1.70 bits per heavy atom. The molecule has 4 aromatic rings. The van der Waals surface area contributed by atoms with Gasteiger partial charge in [-0.05, 0) is 135 Å². The predicted octanol–water partition coefficient (Wildman–Crippen LogP) is 12.7. The molecule has 3 aromatic carbocycles. The van der Waals surface area contributed by atoms with E-state index in [4.69, 9.17) is 4.74 Å². The molecule has 0 aliphatic heterocycles. The molecule has 1 amide bonds. The largest absolute Gasteiger partial charge is 0.494 e. The molecule has 1 aliphatic carbocycles. The minimum absolute atomic E-state index is 0.125. The molecule has 0 spiro atoms. The Balaban J connectivity index is 1.27. The van der Waals surface area contributed by atoms with E-state index < -0.39 is 0 Å². The van der Waals surface area contributed by atoms with Crippen molar-refractivity contribution in [2.75, 3.05) is 37.0 Å². The number of carbonyl (C=O) groups is 1. The summed E-state index contributed by atoms with van der Waals surface area (Å²) in [7, 11) is 1.70. The molecular formula is C50H70N4O2. The van der Waals surface area contributed by atoms with Crippen LogP contribution in [0.5, 0.6) is 5.75 Å². The highest BCUT2D eigenvalue weighted by atomic mass is 16.5. The van der Waals surface area contributed by atoms with Crippen molar-refractivity contribution in [2.45, 2.75) is 119 Å². The zero-order valence-corrected chi connectivity index (χ0v) is 36.1. The van der Waals surface area contributed by atoms with Crippen LogP contribution in [-0.2, 0) is 13.0 Å². The highest BCUT2D eigenvalue weighted by molar-refractivity contribution is 6.04. The molecule has 0 bridgehead atoms. The topological polar surface area (TPSA) is 49.7 Å². The van der Waals surface area contributed by atoms with Gasteiger partial charge in [0.1, 0.15) is 5.75 Å². The van der Waals surface area contributed by atoms with Crippen LogP contribution < -0.4 is 15.0 Å². The first-order valence-corrected chi connectivity index (χ1v) is 21.5. The molecule has 56 heavy (non-hydrogen) atoms. The second-order valence-electron chi connectivity index (χ2n) is 16.8. The smallest absolute Gasteiger partial charge is 0.255 e. The van der Waals surface area contributed by atoms with Crippen LogP contribution in [-0.4, -0.2) is 42.1 Å². The van der Waals surface area contributed by atoms with Gasteiger partial charge in [0.25, 0.3) is 5.91 Å². The van der Waals surface area contributed by atoms with E-state index in [1.54, 1.807) is 7.11 Å². The van der Waals surface area contributed by atoms with E-state index in [0.717, 1.165) is 61.8 Å². The quantitative estimate of drug-likeness (QED) is 0.0919. The maximum Gasteiger partial charge on any atom is 0.255 e. The minimum Gasteiger partial charge on any atom is -0.494 e. The predicted molar refractivity (Wildman–Crippen MR) is 239 cm³/mol. The van der Waals surface area contributed by atoms with Gasteiger partial charge < -0.3 is 24.4 Å². The number of carbonyl (C=O) groups excluding carboxylic acids is 1.